The molecule has 0 radical (unpaired) electrons. The largest absolute Gasteiger partial charge is 0.494 e. The average molecular weight is 474 g/mol. The number of nitrogens with two attached hydrogens (primary N) is 1. The number of likely N-dealkylation sites (N-methyl/N-ethyl adjacent to an activating group) is 1. The van der Waals surface area contributed by atoms with Crippen LogP contribution in [0.15, 0.2) is 28.2 Å². The first-order chi connectivity index (χ1) is 16.6. The minimum Gasteiger partial charge on any atom is -0.494 e. The van der Waals surface area contributed by atoms with Gasteiger partial charge in [0.05, 0.1) is 19.3 Å². The number of hydrogen-bond acceptors (Lipinski definition) is 6. The smallest absolute Gasteiger partial charge is 0.208 e. The number of benzene rings is 1. The zero-order valence-corrected chi connectivity index (χ0v) is 20.6. The van der Waals surface area contributed by atoms with Gasteiger partial charge in [-0.05, 0) is 50.9 Å². The van der Waals surface area contributed by atoms with Gasteiger partial charge in [0.2, 0.25) is 11.9 Å². The summed E-state index contributed by atoms with van der Waals surface area (Å²) in [7, 11) is 1.46. The molecule has 4 rings (SSSR count). The minimum absolute atomic E-state index is 0.195. The Balaban J connectivity index is 1.57. The van der Waals surface area contributed by atoms with E-state index in [4.69, 9.17) is 15.5 Å². The van der Waals surface area contributed by atoms with Crippen LogP contribution in [0.2, 0.25) is 0 Å². The quantitative estimate of drug-likeness (QED) is 0.587. The Labute approximate surface area is 202 Å². The van der Waals surface area contributed by atoms with Gasteiger partial charge in [-0.3, -0.25) is 25.8 Å². The fraction of sp³-hybridized carbons (Fsp3) is 0.680. The Kier molecular flexibility index (Phi) is 8.61. The van der Waals surface area contributed by atoms with E-state index in [9.17, 15) is 4.39 Å². The van der Waals surface area contributed by atoms with E-state index in [0.717, 1.165) is 32.4 Å². The molecule has 0 amide bonds. The van der Waals surface area contributed by atoms with E-state index in [1.807, 2.05) is 0 Å². The van der Waals surface area contributed by atoms with Gasteiger partial charge in [0.1, 0.15) is 0 Å². The van der Waals surface area contributed by atoms with Crippen molar-refractivity contribution < 1.29 is 9.13 Å². The van der Waals surface area contributed by atoms with Crippen molar-refractivity contribution in [2.75, 3.05) is 31.6 Å². The summed E-state index contributed by atoms with van der Waals surface area (Å²) in [5.74, 6) is 1.01. The maximum Gasteiger partial charge on any atom is 0.208 e. The average Bonchev–Trinajstić information content (AvgIpc) is 3.27. The molecule has 1 aromatic rings. The summed E-state index contributed by atoms with van der Waals surface area (Å²) in [6, 6.07) is 5.60. The molecule has 2 heterocycles. The van der Waals surface area contributed by atoms with E-state index >= 15 is 0 Å². The van der Waals surface area contributed by atoms with Gasteiger partial charge in [0.25, 0.3) is 0 Å². The SMILES string of the molecule is CCN1CCCC1CN=C1NC(NC2CCCCCCC2)=NC(N)N1c1ccc(OC)c(F)c1. The summed E-state index contributed by atoms with van der Waals surface area (Å²) < 4.78 is 19.6. The van der Waals surface area contributed by atoms with E-state index in [-0.39, 0.29) is 5.75 Å². The summed E-state index contributed by atoms with van der Waals surface area (Å²) in [6.07, 6.45) is 10.2. The zero-order chi connectivity index (χ0) is 23.9. The number of nitrogens with one attached hydrogen (secondary N) is 2. The molecule has 1 saturated heterocycles. The second kappa shape index (κ2) is 11.8. The Morgan fingerprint density at radius 2 is 1.94 bits per heavy atom. The molecule has 3 aliphatic rings. The number of nitrogens with zero attached hydrogens (tertiary/aromatic N) is 4. The third kappa shape index (κ3) is 5.99. The van der Waals surface area contributed by atoms with Gasteiger partial charge in [-0.1, -0.05) is 39.0 Å². The predicted molar refractivity (Wildman–Crippen MR) is 136 cm³/mol. The Morgan fingerprint density at radius 1 is 1.18 bits per heavy atom. The van der Waals surface area contributed by atoms with Crippen LogP contribution in [0.3, 0.4) is 0 Å². The van der Waals surface area contributed by atoms with Gasteiger partial charge in [0, 0.05) is 18.2 Å². The molecule has 1 saturated carbocycles. The number of methoxy groups -OCH3 is 1. The topological polar surface area (TPSA) is 90.5 Å². The Bertz CT molecular complexity index is 869. The lowest BCUT2D eigenvalue weighted by molar-refractivity contribution is 0.273. The molecule has 2 aliphatic heterocycles. The maximum atomic E-state index is 14.5. The lowest BCUT2D eigenvalue weighted by Crippen LogP contribution is -2.61. The van der Waals surface area contributed by atoms with Gasteiger partial charge in [-0.2, -0.15) is 0 Å². The standard InChI is InChI=1S/C25H40FN7O/c1-3-32-15-9-12-20(32)17-28-25-31-24(29-18-10-7-5-4-6-8-11-18)30-23(27)33(25)19-13-14-22(34-2)21(26)16-19/h13-14,16,18,20,23H,3-12,15,17,27H2,1-2H3,(H2,28,29,30,31). The first kappa shape index (κ1) is 24.7. The molecular formula is C25H40FN7O. The van der Waals surface area contributed by atoms with Crippen LogP contribution < -0.4 is 26.0 Å². The third-order valence-electron chi connectivity index (χ3n) is 7.20. The Hall–Kier alpha value is -2.39. The number of ether oxygens (including phenoxy) is 1. The minimum atomic E-state index is -0.713. The summed E-state index contributed by atoms with van der Waals surface area (Å²) >= 11 is 0. The second-order valence-corrected chi connectivity index (χ2v) is 9.48. The molecule has 8 nitrogen and oxygen atoms in total. The molecular weight excluding hydrogens is 433 g/mol. The van der Waals surface area contributed by atoms with Crippen molar-refractivity contribution >= 4 is 17.6 Å². The van der Waals surface area contributed by atoms with E-state index in [1.54, 1.807) is 17.0 Å². The first-order valence-corrected chi connectivity index (χ1v) is 12.9. The number of anilines is 1. The van der Waals surface area contributed by atoms with Gasteiger partial charge in [0.15, 0.2) is 17.9 Å². The maximum absolute atomic E-state index is 14.5. The van der Waals surface area contributed by atoms with Crippen molar-refractivity contribution in [3.63, 3.8) is 0 Å². The second-order valence-electron chi connectivity index (χ2n) is 9.48. The van der Waals surface area contributed by atoms with Crippen LogP contribution in [-0.2, 0) is 0 Å². The van der Waals surface area contributed by atoms with E-state index in [2.05, 4.69) is 27.4 Å². The molecule has 0 spiro atoms. The van der Waals surface area contributed by atoms with Crippen molar-refractivity contribution in [2.24, 2.45) is 15.7 Å². The highest BCUT2D eigenvalue weighted by Gasteiger charge is 2.30. The summed E-state index contributed by atoms with van der Waals surface area (Å²) in [4.78, 5) is 13.9. The van der Waals surface area contributed by atoms with Crippen LogP contribution in [0.1, 0.15) is 64.7 Å². The number of likely N-dealkylation sites (tertiary alicyclic amines) is 1. The van der Waals surface area contributed by atoms with Crippen LogP contribution in [0, 0.1) is 5.82 Å². The monoisotopic (exact) mass is 473 g/mol. The molecule has 2 fully saturated rings. The summed E-state index contributed by atoms with van der Waals surface area (Å²) in [5, 5.41) is 6.97. The fourth-order valence-corrected chi connectivity index (χ4v) is 5.29. The van der Waals surface area contributed by atoms with Gasteiger partial charge >= 0.3 is 0 Å². The summed E-state index contributed by atoms with van der Waals surface area (Å²) in [6.45, 7) is 4.99. The Morgan fingerprint density at radius 3 is 2.65 bits per heavy atom. The lowest BCUT2D eigenvalue weighted by atomic mass is 9.97. The zero-order valence-electron chi connectivity index (χ0n) is 20.6. The number of guanidine groups is 2. The first-order valence-electron chi connectivity index (χ1n) is 12.9. The fourth-order valence-electron chi connectivity index (χ4n) is 5.29. The van der Waals surface area contributed by atoms with Crippen LogP contribution in [0.5, 0.6) is 5.75 Å². The number of aliphatic imine (C=N–C) groups is 2. The molecule has 1 aromatic carbocycles. The number of hydrogen-bond donors (Lipinski definition) is 3. The molecule has 0 aromatic heterocycles. The highest BCUT2D eigenvalue weighted by Crippen LogP contribution is 2.26. The van der Waals surface area contributed by atoms with Crippen LogP contribution in [-0.4, -0.2) is 61.9 Å². The van der Waals surface area contributed by atoms with Gasteiger partial charge in [-0.15, -0.1) is 0 Å². The van der Waals surface area contributed by atoms with Crippen molar-refractivity contribution in [3.05, 3.63) is 24.0 Å². The normalized spacial score (nSPS) is 26.1. The van der Waals surface area contributed by atoms with E-state index < -0.39 is 12.1 Å². The molecule has 1 aliphatic carbocycles. The molecule has 2 atom stereocenters. The number of halogens is 1. The van der Waals surface area contributed by atoms with Crippen LogP contribution >= 0.6 is 0 Å². The van der Waals surface area contributed by atoms with Crippen molar-refractivity contribution in [1.29, 1.82) is 0 Å². The molecule has 9 heteroatoms. The molecule has 4 N–H and O–H groups in total. The molecule has 188 valence electrons. The van der Waals surface area contributed by atoms with Crippen molar-refractivity contribution in [2.45, 2.75) is 83.1 Å². The van der Waals surface area contributed by atoms with E-state index in [1.165, 1.54) is 51.7 Å². The van der Waals surface area contributed by atoms with Crippen LogP contribution in [0.4, 0.5) is 10.1 Å². The summed E-state index contributed by atoms with van der Waals surface area (Å²) in [5.41, 5.74) is 7.11. The third-order valence-corrected chi connectivity index (χ3v) is 7.20. The highest BCUT2D eigenvalue weighted by atomic mass is 19.1. The van der Waals surface area contributed by atoms with Gasteiger partial charge in [-0.25, -0.2) is 9.38 Å². The van der Waals surface area contributed by atoms with Crippen molar-refractivity contribution in [1.82, 2.24) is 15.5 Å². The predicted octanol–water partition coefficient (Wildman–Crippen LogP) is 3.39. The van der Waals surface area contributed by atoms with E-state index in [0.29, 0.717) is 36.2 Å². The lowest BCUT2D eigenvalue weighted by Gasteiger charge is -2.36. The number of rotatable bonds is 6. The molecule has 2 unspecified atom stereocenters. The van der Waals surface area contributed by atoms with Gasteiger partial charge < -0.3 is 10.1 Å². The highest BCUT2D eigenvalue weighted by molar-refractivity contribution is 6.09. The molecule has 0 bridgehead atoms. The van der Waals surface area contributed by atoms with Crippen molar-refractivity contribution in [3.8, 4) is 5.75 Å². The molecule has 34 heavy (non-hydrogen) atoms. The van der Waals surface area contributed by atoms with Crippen LogP contribution in [0.25, 0.3) is 0 Å².